The number of anilines is 3. The minimum absolute atomic E-state index is 0.0244. The first kappa shape index (κ1) is 31.3. The number of allylic oxidation sites excluding steroid dienone is 1. The highest BCUT2D eigenvalue weighted by molar-refractivity contribution is 8.04. The summed E-state index contributed by atoms with van der Waals surface area (Å²) in [5.74, 6) is 0.0244. The number of carbonyl (C=O) groups is 2. The number of amides is 3. The molecule has 240 valence electrons. The van der Waals surface area contributed by atoms with Crippen LogP contribution >= 0.6 is 11.9 Å². The molecule has 3 saturated heterocycles. The molecule has 12 heteroatoms. The summed E-state index contributed by atoms with van der Waals surface area (Å²) in [6.45, 7) is 9.22. The average molecular weight is 634 g/mol. The van der Waals surface area contributed by atoms with Crippen molar-refractivity contribution in [3.05, 3.63) is 77.1 Å². The van der Waals surface area contributed by atoms with Crippen molar-refractivity contribution in [2.75, 3.05) is 88.1 Å². The Morgan fingerprint density at radius 1 is 0.867 bits per heavy atom. The van der Waals surface area contributed by atoms with E-state index in [4.69, 9.17) is 9.47 Å². The van der Waals surface area contributed by atoms with Crippen molar-refractivity contribution in [2.45, 2.75) is 25.5 Å². The molecule has 0 aromatic heterocycles. The number of benzene rings is 2. The third kappa shape index (κ3) is 7.75. The van der Waals surface area contributed by atoms with Gasteiger partial charge >= 0.3 is 6.03 Å². The normalized spacial score (nSPS) is 22.3. The molecule has 4 heterocycles. The topological polar surface area (TPSA) is 92.9 Å². The number of hydrogen-bond donors (Lipinski definition) is 2. The Balaban J connectivity index is 1.07. The van der Waals surface area contributed by atoms with Crippen LogP contribution < -0.4 is 14.9 Å². The van der Waals surface area contributed by atoms with Crippen molar-refractivity contribution in [2.24, 2.45) is 0 Å². The molecular weight excluding hydrogens is 590 g/mol. The quantitative estimate of drug-likeness (QED) is 0.433. The molecule has 0 bridgehead atoms. The van der Waals surface area contributed by atoms with Gasteiger partial charge in [0.2, 0.25) is 0 Å². The van der Waals surface area contributed by atoms with E-state index in [2.05, 4.69) is 48.8 Å². The Kier molecular flexibility index (Phi) is 9.84. The molecule has 2 aromatic carbocycles. The summed E-state index contributed by atoms with van der Waals surface area (Å²) in [5, 5.41) is 6.98. The van der Waals surface area contributed by atoms with Crippen molar-refractivity contribution in [1.82, 2.24) is 19.6 Å². The standard InChI is InChI=1S/C33H43N7O4S/c1-24-21-38(16-19-44-24)30-20-31(37-14-17-43-18-15-37)45-40(23-30)28-10-8-27(9-11-28)35-33(42)34-26-6-4-25(5-7-26)32(41)39-13-12-29(22-39)36(2)3/h4-11,20,23-24,29H,12-19,21-22H2,1-3H3,(H2,34,35,42). The van der Waals surface area contributed by atoms with E-state index in [-0.39, 0.29) is 18.0 Å². The maximum Gasteiger partial charge on any atom is 0.323 e. The first-order chi connectivity index (χ1) is 21.8. The molecule has 2 atom stereocenters. The van der Waals surface area contributed by atoms with Crippen LogP contribution in [0, 0.1) is 0 Å². The fraction of sp³-hybridized carbons (Fsp3) is 0.455. The Morgan fingerprint density at radius 2 is 1.53 bits per heavy atom. The van der Waals surface area contributed by atoms with Gasteiger partial charge in [0, 0.05) is 80.4 Å². The third-order valence-electron chi connectivity index (χ3n) is 8.59. The molecule has 2 aromatic rings. The number of urea groups is 1. The Morgan fingerprint density at radius 3 is 2.18 bits per heavy atom. The van der Waals surface area contributed by atoms with Crippen LogP contribution in [0.4, 0.5) is 21.9 Å². The van der Waals surface area contributed by atoms with Crippen molar-refractivity contribution < 1.29 is 19.1 Å². The van der Waals surface area contributed by atoms with E-state index < -0.39 is 0 Å². The number of ether oxygens (including phenoxy) is 2. The first-order valence-electron chi connectivity index (χ1n) is 15.7. The summed E-state index contributed by atoms with van der Waals surface area (Å²) in [6, 6.07) is 15.0. The number of likely N-dealkylation sites (tertiary alicyclic amines) is 1. The maximum absolute atomic E-state index is 12.9. The average Bonchev–Trinajstić information content (AvgIpc) is 3.56. The fourth-order valence-electron chi connectivity index (χ4n) is 5.93. The van der Waals surface area contributed by atoms with Crippen LogP contribution in [-0.2, 0) is 9.47 Å². The molecule has 6 rings (SSSR count). The van der Waals surface area contributed by atoms with Gasteiger partial charge in [-0.2, -0.15) is 0 Å². The maximum atomic E-state index is 12.9. The van der Waals surface area contributed by atoms with E-state index in [1.807, 2.05) is 43.3 Å². The number of carbonyl (C=O) groups excluding carboxylic acids is 2. The second-order valence-electron chi connectivity index (χ2n) is 12.0. The van der Waals surface area contributed by atoms with E-state index in [0.29, 0.717) is 29.6 Å². The molecular formula is C33H43N7O4S. The van der Waals surface area contributed by atoms with Crippen molar-refractivity contribution in [1.29, 1.82) is 0 Å². The van der Waals surface area contributed by atoms with Crippen LogP contribution in [0.1, 0.15) is 23.7 Å². The summed E-state index contributed by atoms with van der Waals surface area (Å²) in [7, 11) is 4.10. The smallest absolute Gasteiger partial charge is 0.323 e. The third-order valence-corrected chi connectivity index (χ3v) is 9.67. The highest BCUT2D eigenvalue weighted by atomic mass is 32.2. The molecule has 4 aliphatic rings. The number of likely N-dealkylation sites (N-methyl/N-ethyl adjacent to an activating group) is 1. The van der Waals surface area contributed by atoms with E-state index in [1.54, 1.807) is 36.2 Å². The lowest BCUT2D eigenvalue weighted by atomic mass is 10.2. The molecule has 0 saturated carbocycles. The molecule has 3 amide bonds. The Labute approximate surface area is 269 Å². The highest BCUT2D eigenvalue weighted by Gasteiger charge is 2.28. The first-order valence-corrected chi connectivity index (χ1v) is 16.4. The van der Waals surface area contributed by atoms with Crippen LogP contribution in [0.25, 0.3) is 0 Å². The monoisotopic (exact) mass is 633 g/mol. The minimum atomic E-state index is -0.344. The van der Waals surface area contributed by atoms with Gasteiger partial charge in [-0.15, -0.1) is 0 Å². The van der Waals surface area contributed by atoms with Gasteiger partial charge in [0.25, 0.3) is 5.91 Å². The van der Waals surface area contributed by atoms with Crippen LogP contribution in [0.5, 0.6) is 0 Å². The number of hydrogen-bond acceptors (Lipinski definition) is 9. The van der Waals surface area contributed by atoms with Gasteiger partial charge in [-0.1, -0.05) is 0 Å². The van der Waals surface area contributed by atoms with Crippen LogP contribution in [-0.4, -0.2) is 117 Å². The predicted octanol–water partition coefficient (Wildman–Crippen LogP) is 4.31. The number of morpholine rings is 2. The van der Waals surface area contributed by atoms with Gasteiger partial charge in [0.15, 0.2) is 0 Å². The minimum Gasteiger partial charge on any atom is -0.378 e. The summed E-state index contributed by atoms with van der Waals surface area (Å²) in [5.41, 5.74) is 4.11. The SMILES string of the molecule is CC1CN(C2=CN(c3ccc(NC(=O)Nc4ccc(C(=O)N5CCC(N(C)C)C5)cc4)cc3)SC(N3CCOCC3)=C2)CCO1. The van der Waals surface area contributed by atoms with Crippen molar-refractivity contribution in [3.63, 3.8) is 0 Å². The Bertz CT molecular complexity index is 1410. The van der Waals surface area contributed by atoms with Crippen LogP contribution in [0.15, 0.2) is 71.5 Å². The van der Waals surface area contributed by atoms with Crippen molar-refractivity contribution in [3.8, 4) is 0 Å². The summed E-state index contributed by atoms with van der Waals surface area (Å²) < 4.78 is 13.6. The van der Waals surface area contributed by atoms with E-state index >= 15 is 0 Å². The molecule has 0 spiro atoms. The number of nitrogens with zero attached hydrogens (tertiary/aromatic N) is 5. The molecule has 3 fully saturated rings. The predicted molar refractivity (Wildman–Crippen MR) is 179 cm³/mol. The summed E-state index contributed by atoms with van der Waals surface area (Å²) in [4.78, 5) is 34.5. The molecule has 0 radical (unpaired) electrons. The van der Waals surface area contributed by atoms with Crippen LogP contribution in [0.3, 0.4) is 0 Å². The largest absolute Gasteiger partial charge is 0.378 e. The van der Waals surface area contributed by atoms with Crippen molar-refractivity contribution >= 4 is 40.9 Å². The van der Waals surface area contributed by atoms with E-state index in [9.17, 15) is 9.59 Å². The summed E-state index contributed by atoms with van der Waals surface area (Å²) >= 11 is 1.70. The van der Waals surface area contributed by atoms with Crippen LogP contribution in [0.2, 0.25) is 0 Å². The molecule has 4 aliphatic heterocycles. The Hall–Kier alpha value is -3.71. The molecule has 2 unspecified atom stereocenters. The molecule has 0 aliphatic carbocycles. The number of rotatable bonds is 7. The number of nitrogens with one attached hydrogen (secondary N) is 2. The van der Waals surface area contributed by atoms with E-state index in [0.717, 1.165) is 70.3 Å². The highest BCUT2D eigenvalue weighted by Crippen LogP contribution is 2.37. The summed E-state index contributed by atoms with van der Waals surface area (Å²) in [6.07, 6.45) is 5.63. The zero-order valence-corrected chi connectivity index (χ0v) is 27.1. The fourth-order valence-corrected chi connectivity index (χ4v) is 7.00. The molecule has 45 heavy (non-hydrogen) atoms. The second-order valence-corrected chi connectivity index (χ2v) is 13.0. The van der Waals surface area contributed by atoms with Gasteiger partial charge in [-0.25, -0.2) is 4.79 Å². The van der Waals surface area contributed by atoms with Gasteiger partial charge < -0.3 is 39.7 Å². The molecule has 11 nitrogen and oxygen atoms in total. The zero-order valence-electron chi connectivity index (χ0n) is 26.3. The van der Waals surface area contributed by atoms with Gasteiger partial charge in [-0.3, -0.25) is 9.10 Å². The van der Waals surface area contributed by atoms with E-state index in [1.165, 1.54) is 5.03 Å². The van der Waals surface area contributed by atoms with Gasteiger partial charge in [0.05, 0.1) is 42.3 Å². The van der Waals surface area contributed by atoms with Gasteiger partial charge in [0.1, 0.15) is 0 Å². The molecule has 2 N–H and O–H groups in total. The second kappa shape index (κ2) is 14.2. The zero-order chi connectivity index (χ0) is 31.3. The lowest BCUT2D eigenvalue weighted by Crippen LogP contribution is -2.42. The lowest BCUT2D eigenvalue weighted by Gasteiger charge is -2.39. The lowest BCUT2D eigenvalue weighted by molar-refractivity contribution is -0.00468. The van der Waals surface area contributed by atoms with Gasteiger partial charge in [-0.05, 0) is 82.0 Å².